The van der Waals surface area contributed by atoms with Crippen LogP contribution in [0.5, 0.6) is 0 Å². The molecule has 1 heterocycles. The second-order valence-electron chi connectivity index (χ2n) is 5.44. The van der Waals surface area contributed by atoms with Gasteiger partial charge in [0.2, 0.25) is 0 Å². The molecule has 3 rings (SSSR count). The minimum atomic E-state index is -0.334. The first kappa shape index (κ1) is 15.2. The third-order valence-electron chi connectivity index (χ3n) is 4.03. The van der Waals surface area contributed by atoms with E-state index in [-0.39, 0.29) is 30.4 Å². The fourth-order valence-corrected chi connectivity index (χ4v) is 2.75. The van der Waals surface area contributed by atoms with Crippen molar-refractivity contribution in [1.29, 1.82) is 5.26 Å². The number of benzene rings is 2. The van der Waals surface area contributed by atoms with Crippen LogP contribution >= 0.6 is 0 Å². The molecule has 114 valence electrons. The lowest BCUT2D eigenvalue weighted by Crippen LogP contribution is -2.60. The van der Waals surface area contributed by atoms with E-state index in [4.69, 9.17) is 5.26 Å². The Morgan fingerprint density at radius 2 is 1.83 bits per heavy atom. The molecule has 3 atom stereocenters. The van der Waals surface area contributed by atoms with Crippen molar-refractivity contribution in [2.24, 2.45) is 0 Å². The minimum Gasteiger partial charge on any atom is -0.395 e. The van der Waals surface area contributed by atoms with Gasteiger partial charge in [0, 0.05) is 17.5 Å². The molecule has 2 aromatic rings. The number of aliphatic hydroxyl groups excluding tert-OH is 1. The summed E-state index contributed by atoms with van der Waals surface area (Å²) in [6.45, 7) is -0.00229. The van der Waals surface area contributed by atoms with Crippen LogP contribution in [0.3, 0.4) is 0 Å². The number of rotatable bonds is 2. The number of nitrogens with zero attached hydrogens (tertiary/aromatic N) is 1. The van der Waals surface area contributed by atoms with Gasteiger partial charge in [0.25, 0.3) is 0 Å². The second-order valence-corrected chi connectivity index (χ2v) is 5.44. The van der Waals surface area contributed by atoms with E-state index in [9.17, 15) is 9.50 Å². The number of halogens is 1. The van der Waals surface area contributed by atoms with Crippen molar-refractivity contribution in [3.05, 3.63) is 71.0 Å². The van der Waals surface area contributed by atoms with Gasteiger partial charge in [-0.25, -0.2) is 4.39 Å². The Hall–Kier alpha value is -2.66. The molecule has 2 aromatic carbocycles. The minimum absolute atomic E-state index is 0.00229. The summed E-state index contributed by atoms with van der Waals surface area (Å²) < 4.78 is 13.5. The third-order valence-corrected chi connectivity index (χ3v) is 4.03. The molecule has 0 amide bonds. The van der Waals surface area contributed by atoms with Gasteiger partial charge in [-0.15, -0.1) is 0 Å². The highest BCUT2D eigenvalue weighted by atomic mass is 19.1. The Bertz CT molecular complexity index is 799. The zero-order valence-electron chi connectivity index (χ0n) is 12.3. The van der Waals surface area contributed by atoms with E-state index in [0.29, 0.717) is 5.56 Å². The molecular formula is C19H15FN2O. The number of aliphatic hydroxyl groups is 1. The number of hydrogen-bond acceptors (Lipinski definition) is 3. The van der Waals surface area contributed by atoms with E-state index >= 15 is 0 Å². The molecule has 0 spiro atoms. The number of hydrogen-bond donors (Lipinski definition) is 2. The van der Waals surface area contributed by atoms with Crippen LogP contribution < -0.4 is 5.32 Å². The molecule has 1 aliphatic rings. The summed E-state index contributed by atoms with van der Waals surface area (Å²) in [5, 5.41) is 21.4. The molecule has 2 N–H and O–H groups in total. The topological polar surface area (TPSA) is 56.0 Å². The average Bonchev–Trinajstić information content (AvgIpc) is 2.55. The SMILES string of the molecule is N#C[C@H]1N[C@@H](CO)[C@@H]1c1ccc(C#Cc2ccccc2F)cc1. The quantitative estimate of drug-likeness (QED) is 0.836. The van der Waals surface area contributed by atoms with E-state index in [1.54, 1.807) is 18.2 Å². The van der Waals surface area contributed by atoms with Crippen LogP contribution in [-0.4, -0.2) is 23.8 Å². The molecule has 3 nitrogen and oxygen atoms in total. The zero-order chi connectivity index (χ0) is 16.2. The Morgan fingerprint density at radius 3 is 2.48 bits per heavy atom. The van der Waals surface area contributed by atoms with E-state index in [2.05, 4.69) is 23.2 Å². The van der Waals surface area contributed by atoms with Crippen molar-refractivity contribution in [3.63, 3.8) is 0 Å². The third kappa shape index (κ3) is 3.10. The normalized spacial score (nSPS) is 22.4. The van der Waals surface area contributed by atoms with E-state index in [1.807, 2.05) is 24.3 Å². The van der Waals surface area contributed by atoms with Gasteiger partial charge in [0.05, 0.1) is 18.2 Å². The van der Waals surface area contributed by atoms with E-state index < -0.39 is 0 Å². The highest BCUT2D eigenvalue weighted by Gasteiger charge is 2.40. The van der Waals surface area contributed by atoms with Crippen molar-refractivity contribution in [2.45, 2.75) is 18.0 Å². The van der Waals surface area contributed by atoms with Crippen molar-refractivity contribution in [2.75, 3.05) is 6.61 Å². The van der Waals surface area contributed by atoms with Crippen molar-refractivity contribution >= 4 is 0 Å². The van der Waals surface area contributed by atoms with Crippen LogP contribution in [-0.2, 0) is 0 Å². The van der Waals surface area contributed by atoms with Crippen molar-refractivity contribution < 1.29 is 9.50 Å². The van der Waals surface area contributed by atoms with Crippen molar-refractivity contribution in [1.82, 2.24) is 5.32 Å². The standard InChI is InChI=1S/C19H15FN2O/c20-16-4-2-1-3-14(16)8-5-13-6-9-15(10-7-13)19-17(11-21)22-18(19)12-23/h1-4,6-7,9-10,17-19,22-23H,12H2/t17-,18+,19-/m1/s1. The summed E-state index contributed by atoms with van der Waals surface area (Å²) in [4.78, 5) is 0. The van der Waals surface area contributed by atoms with Crippen LogP contribution in [0.25, 0.3) is 0 Å². The van der Waals surface area contributed by atoms with E-state index in [0.717, 1.165) is 11.1 Å². The van der Waals surface area contributed by atoms with Gasteiger partial charge < -0.3 is 5.11 Å². The lowest BCUT2D eigenvalue weighted by Gasteiger charge is -2.41. The Labute approximate surface area is 134 Å². The van der Waals surface area contributed by atoms with Gasteiger partial charge in [-0.2, -0.15) is 5.26 Å². The Morgan fingerprint density at radius 1 is 1.09 bits per heavy atom. The number of nitrogens with one attached hydrogen (secondary N) is 1. The summed E-state index contributed by atoms with van der Waals surface area (Å²) in [5.74, 6) is 5.40. The smallest absolute Gasteiger partial charge is 0.138 e. The first-order valence-corrected chi connectivity index (χ1v) is 7.36. The molecule has 4 heteroatoms. The number of nitriles is 1. The maximum Gasteiger partial charge on any atom is 0.138 e. The lowest BCUT2D eigenvalue weighted by molar-refractivity contribution is 0.151. The molecule has 0 radical (unpaired) electrons. The monoisotopic (exact) mass is 306 g/mol. The molecule has 0 unspecified atom stereocenters. The van der Waals surface area contributed by atoms with Gasteiger partial charge in [-0.1, -0.05) is 36.1 Å². The first-order chi connectivity index (χ1) is 11.2. The van der Waals surface area contributed by atoms with Crippen LogP contribution in [0.4, 0.5) is 4.39 Å². The fraction of sp³-hybridized carbons (Fsp3) is 0.211. The fourth-order valence-electron chi connectivity index (χ4n) is 2.75. The predicted molar refractivity (Wildman–Crippen MR) is 85.0 cm³/mol. The summed E-state index contributed by atoms with van der Waals surface area (Å²) >= 11 is 0. The second kappa shape index (κ2) is 6.62. The molecule has 1 saturated heterocycles. The van der Waals surface area contributed by atoms with Gasteiger partial charge in [-0.3, -0.25) is 5.32 Å². The molecule has 0 saturated carbocycles. The van der Waals surface area contributed by atoms with Crippen LogP contribution in [0.15, 0.2) is 48.5 Å². The van der Waals surface area contributed by atoms with Crippen LogP contribution in [0, 0.1) is 29.0 Å². The molecule has 1 aliphatic heterocycles. The Kier molecular flexibility index (Phi) is 4.39. The summed E-state index contributed by atoms with van der Waals surface area (Å²) in [5.41, 5.74) is 2.13. The average molecular weight is 306 g/mol. The summed E-state index contributed by atoms with van der Waals surface area (Å²) in [6.07, 6.45) is 0. The highest BCUT2D eigenvalue weighted by Crippen LogP contribution is 2.31. The summed E-state index contributed by atoms with van der Waals surface area (Å²) in [6, 6.07) is 15.7. The van der Waals surface area contributed by atoms with Gasteiger partial charge >= 0.3 is 0 Å². The molecule has 1 fully saturated rings. The predicted octanol–water partition coefficient (Wildman–Crippen LogP) is 2.17. The first-order valence-electron chi connectivity index (χ1n) is 7.36. The lowest BCUT2D eigenvalue weighted by atomic mass is 9.78. The summed E-state index contributed by atoms with van der Waals surface area (Å²) in [7, 11) is 0. The van der Waals surface area contributed by atoms with Crippen LogP contribution in [0.2, 0.25) is 0 Å². The zero-order valence-corrected chi connectivity index (χ0v) is 12.3. The Balaban J connectivity index is 1.78. The molecule has 23 heavy (non-hydrogen) atoms. The maximum absolute atomic E-state index is 13.5. The van der Waals surface area contributed by atoms with Gasteiger partial charge in [-0.05, 0) is 29.8 Å². The molecule has 0 aliphatic carbocycles. The van der Waals surface area contributed by atoms with Crippen molar-refractivity contribution in [3.8, 4) is 17.9 Å². The molecular weight excluding hydrogens is 291 g/mol. The highest BCUT2D eigenvalue weighted by molar-refractivity contribution is 5.45. The van der Waals surface area contributed by atoms with Gasteiger partial charge in [0.1, 0.15) is 11.9 Å². The maximum atomic E-state index is 13.5. The van der Waals surface area contributed by atoms with E-state index in [1.165, 1.54) is 6.07 Å². The molecule has 0 aromatic heterocycles. The molecule has 0 bridgehead atoms. The largest absolute Gasteiger partial charge is 0.395 e. The van der Waals surface area contributed by atoms with Gasteiger partial charge in [0.15, 0.2) is 0 Å². The van der Waals surface area contributed by atoms with Crippen LogP contribution in [0.1, 0.15) is 22.6 Å².